The molecule has 3 rings (SSSR count). The highest BCUT2D eigenvalue weighted by Gasteiger charge is 2.23. The van der Waals surface area contributed by atoms with Gasteiger partial charge in [0.25, 0.3) is 0 Å². The topological polar surface area (TPSA) is 25.8 Å². The van der Waals surface area contributed by atoms with Crippen molar-refractivity contribution in [2.45, 2.75) is 85.0 Å². The van der Waals surface area contributed by atoms with E-state index in [1.54, 1.807) is 0 Å². The third-order valence-corrected chi connectivity index (χ3v) is 6.21. The highest BCUT2D eigenvalue weighted by molar-refractivity contribution is 5.55. The van der Waals surface area contributed by atoms with Crippen molar-refractivity contribution >= 4 is 0 Å². The number of unbranched alkanes of at least 4 members (excludes halogenated alkanes) is 1. The molecule has 146 valence electrons. The Bertz CT molecular complexity index is 705. The Morgan fingerprint density at radius 2 is 1.89 bits per heavy atom. The van der Waals surface area contributed by atoms with Gasteiger partial charge < -0.3 is 0 Å². The van der Waals surface area contributed by atoms with Crippen molar-refractivity contribution in [2.75, 3.05) is 0 Å². The van der Waals surface area contributed by atoms with Gasteiger partial charge in [0.1, 0.15) is 0 Å². The molecule has 2 atom stereocenters. The Labute approximate surface area is 165 Å². The van der Waals surface area contributed by atoms with Gasteiger partial charge in [-0.05, 0) is 55.1 Å². The summed E-state index contributed by atoms with van der Waals surface area (Å²) in [5.74, 6) is 2.62. The molecule has 27 heavy (non-hydrogen) atoms. The lowest BCUT2D eigenvalue weighted by Crippen LogP contribution is -2.19. The van der Waals surface area contributed by atoms with Crippen LogP contribution in [0.4, 0.5) is 0 Å². The maximum atomic E-state index is 4.93. The first kappa shape index (κ1) is 20.0. The van der Waals surface area contributed by atoms with Crippen LogP contribution >= 0.6 is 0 Å². The van der Waals surface area contributed by atoms with Crippen LogP contribution in [0.15, 0.2) is 30.5 Å². The molecular formula is C25H36N2. The maximum absolute atomic E-state index is 4.93. The summed E-state index contributed by atoms with van der Waals surface area (Å²) in [5.41, 5.74) is 5.22. The van der Waals surface area contributed by atoms with Gasteiger partial charge >= 0.3 is 0 Å². The molecule has 0 radical (unpaired) electrons. The number of nitrogens with zero attached hydrogens (tertiary/aromatic N) is 2. The fourth-order valence-electron chi connectivity index (χ4n) is 4.49. The van der Waals surface area contributed by atoms with Crippen molar-refractivity contribution in [3.8, 4) is 11.4 Å². The molecule has 0 saturated carbocycles. The van der Waals surface area contributed by atoms with E-state index in [0.717, 1.165) is 36.1 Å². The zero-order chi connectivity index (χ0) is 19.1. The molecule has 1 heterocycles. The van der Waals surface area contributed by atoms with Gasteiger partial charge in [0.2, 0.25) is 0 Å². The number of aryl methyl sites for hydroxylation is 2. The van der Waals surface area contributed by atoms with E-state index in [9.17, 15) is 0 Å². The Morgan fingerprint density at radius 3 is 2.59 bits per heavy atom. The monoisotopic (exact) mass is 364 g/mol. The Morgan fingerprint density at radius 1 is 1.07 bits per heavy atom. The van der Waals surface area contributed by atoms with Crippen LogP contribution in [-0.2, 0) is 19.3 Å². The van der Waals surface area contributed by atoms with Crippen molar-refractivity contribution < 1.29 is 0 Å². The number of rotatable bonds is 9. The minimum absolute atomic E-state index is 0.821. The molecule has 1 aliphatic rings. The van der Waals surface area contributed by atoms with E-state index < -0.39 is 0 Å². The molecule has 1 aromatic carbocycles. The third kappa shape index (κ3) is 5.40. The first-order valence-corrected chi connectivity index (χ1v) is 11.2. The molecular weight excluding hydrogens is 328 g/mol. The van der Waals surface area contributed by atoms with Gasteiger partial charge in [0.05, 0.1) is 0 Å². The van der Waals surface area contributed by atoms with Crippen molar-refractivity contribution in [1.29, 1.82) is 0 Å². The van der Waals surface area contributed by atoms with E-state index in [-0.39, 0.29) is 0 Å². The summed E-state index contributed by atoms with van der Waals surface area (Å²) in [7, 11) is 0. The summed E-state index contributed by atoms with van der Waals surface area (Å²) in [4.78, 5) is 9.64. The molecule has 2 unspecified atom stereocenters. The molecule has 1 aliphatic carbocycles. The van der Waals surface area contributed by atoms with Crippen LogP contribution in [0.25, 0.3) is 11.4 Å². The van der Waals surface area contributed by atoms with Gasteiger partial charge in [0.15, 0.2) is 5.82 Å². The third-order valence-electron chi connectivity index (χ3n) is 6.21. The quantitative estimate of drug-likeness (QED) is 0.488. The predicted octanol–water partition coefficient (Wildman–Crippen LogP) is 6.81. The first-order chi connectivity index (χ1) is 13.2. The van der Waals surface area contributed by atoms with E-state index in [2.05, 4.69) is 51.2 Å². The van der Waals surface area contributed by atoms with Gasteiger partial charge in [-0.25, -0.2) is 9.97 Å². The number of aromatic nitrogens is 2. The fraction of sp³-hybridized carbons (Fsp3) is 0.600. The zero-order valence-corrected chi connectivity index (χ0v) is 17.5. The molecule has 2 aromatic rings. The average molecular weight is 365 g/mol. The second kappa shape index (κ2) is 10.0. The number of benzene rings is 1. The van der Waals surface area contributed by atoms with E-state index in [0.29, 0.717) is 0 Å². The molecule has 2 nitrogen and oxygen atoms in total. The van der Waals surface area contributed by atoms with Crippen molar-refractivity contribution in [3.05, 3.63) is 47.3 Å². The molecule has 0 N–H and O–H groups in total. The first-order valence-electron chi connectivity index (χ1n) is 11.2. The van der Waals surface area contributed by atoms with Crippen LogP contribution in [0.5, 0.6) is 0 Å². The molecule has 0 spiro atoms. The second-order valence-corrected chi connectivity index (χ2v) is 8.37. The lowest BCUT2D eigenvalue weighted by atomic mass is 9.79. The summed E-state index contributed by atoms with van der Waals surface area (Å²) in [6.45, 7) is 6.88. The highest BCUT2D eigenvalue weighted by Crippen LogP contribution is 2.32. The number of hydrogen-bond acceptors (Lipinski definition) is 2. The van der Waals surface area contributed by atoms with Crippen LogP contribution < -0.4 is 0 Å². The summed E-state index contributed by atoms with van der Waals surface area (Å²) < 4.78 is 0. The van der Waals surface area contributed by atoms with Gasteiger partial charge in [0, 0.05) is 17.5 Å². The zero-order valence-electron chi connectivity index (χ0n) is 17.5. The van der Waals surface area contributed by atoms with Crippen molar-refractivity contribution in [1.82, 2.24) is 9.97 Å². The molecule has 0 fully saturated rings. The SMILES string of the molecule is CCCCC(CC)CC1CCc2nc(-c3ccc(CCC)cc3)ncc2C1. The van der Waals surface area contributed by atoms with E-state index in [1.165, 1.54) is 68.2 Å². The van der Waals surface area contributed by atoms with E-state index in [1.807, 2.05) is 0 Å². The van der Waals surface area contributed by atoms with Crippen LogP contribution in [-0.4, -0.2) is 9.97 Å². The van der Waals surface area contributed by atoms with Crippen LogP contribution in [0.1, 0.15) is 82.5 Å². The molecule has 2 heteroatoms. The standard InChI is InChI=1S/C25H36N2/c1-4-7-9-19(6-3)16-21-12-15-24-23(17-21)18-26-25(27-24)22-13-10-20(8-5-2)11-14-22/h10-11,13-14,18-19,21H,4-9,12,15-17H2,1-3H3. The summed E-state index contributed by atoms with van der Waals surface area (Å²) in [5, 5.41) is 0. The van der Waals surface area contributed by atoms with Gasteiger partial charge in [-0.2, -0.15) is 0 Å². The lowest BCUT2D eigenvalue weighted by molar-refractivity contribution is 0.311. The van der Waals surface area contributed by atoms with Gasteiger partial charge in [-0.15, -0.1) is 0 Å². The normalized spacial score (nSPS) is 17.5. The maximum Gasteiger partial charge on any atom is 0.159 e. The van der Waals surface area contributed by atoms with Crippen molar-refractivity contribution in [2.24, 2.45) is 11.8 Å². The molecule has 0 bridgehead atoms. The summed E-state index contributed by atoms with van der Waals surface area (Å²) in [6.07, 6.45) is 14.8. The number of fused-ring (bicyclic) bond motifs is 1. The largest absolute Gasteiger partial charge is 0.236 e. The van der Waals surface area contributed by atoms with E-state index in [4.69, 9.17) is 9.97 Å². The highest BCUT2D eigenvalue weighted by atomic mass is 14.9. The minimum atomic E-state index is 0.821. The summed E-state index contributed by atoms with van der Waals surface area (Å²) in [6, 6.07) is 8.80. The Hall–Kier alpha value is -1.70. The van der Waals surface area contributed by atoms with Crippen LogP contribution in [0.2, 0.25) is 0 Å². The Kier molecular flexibility index (Phi) is 7.43. The Balaban J connectivity index is 1.65. The van der Waals surface area contributed by atoms with E-state index >= 15 is 0 Å². The van der Waals surface area contributed by atoms with Gasteiger partial charge in [-0.3, -0.25) is 0 Å². The molecule has 0 aliphatic heterocycles. The van der Waals surface area contributed by atoms with Crippen LogP contribution in [0.3, 0.4) is 0 Å². The second-order valence-electron chi connectivity index (χ2n) is 8.37. The smallest absolute Gasteiger partial charge is 0.159 e. The molecule has 0 amide bonds. The number of hydrogen-bond donors (Lipinski definition) is 0. The average Bonchev–Trinajstić information content (AvgIpc) is 2.71. The summed E-state index contributed by atoms with van der Waals surface area (Å²) >= 11 is 0. The minimum Gasteiger partial charge on any atom is -0.236 e. The molecule has 1 aromatic heterocycles. The van der Waals surface area contributed by atoms with Crippen LogP contribution in [0, 0.1) is 11.8 Å². The van der Waals surface area contributed by atoms with Gasteiger partial charge in [-0.1, -0.05) is 77.1 Å². The predicted molar refractivity (Wildman–Crippen MR) is 115 cm³/mol. The van der Waals surface area contributed by atoms with Crippen molar-refractivity contribution in [3.63, 3.8) is 0 Å². The fourth-order valence-corrected chi connectivity index (χ4v) is 4.49. The lowest BCUT2D eigenvalue weighted by Gasteiger charge is -2.27. The molecule has 0 saturated heterocycles.